The number of hydrogen-bond acceptors (Lipinski definition) is 3. The first-order valence-electron chi connectivity index (χ1n) is 15.0. The Labute approximate surface area is 252 Å². The fraction of sp³-hybridized carbons (Fsp3) is 0.528. The van der Waals surface area contributed by atoms with Crippen LogP contribution >= 0.6 is 11.8 Å². The van der Waals surface area contributed by atoms with Crippen LogP contribution in [-0.2, 0) is 0 Å². The van der Waals surface area contributed by atoms with Crippen molar-refractivity contribution in [1.82, 2.24) is 10.6 Å². The Bertz CT molecular complexity index is 984. The van der Waals surface area contributed by atoms with E-state index in [1.807, 2.05) is 25.6 Å². The van der Waals surface area contributed by atoms with Gasteiger partial charge in [0.05, 0.1) is 12.4 Å². The summed E-state index contributed by atoms with van der Waals surface area (Å²) in [5.41, 5.74) is 5.33. The molecule has 224 valence electrons. The second-order valence-electron chi connectivity index (χ2n) is 10.6. The molecule has 3 nitrogen and oxygen atoms in total. The molecule has 0 saturated heterocycles. The molecule has 0 bridgehead atoms. The Morgan fingerprint density at radius 1 is 1.12 bits per heavy atom. The Kier molecular flexibility index (Phi) is 20.2. The zero-order chi connectivity index (χ0) is 30.6. The Morgan fingerprint density at radius 2 is 1.77 bits per heavy atom. The second kappa shape index (κ2) is 21.4. The average Bonchev–Trinajstić information content (AvgIpc) is 2.97. The van der Waals surface area contributed by atoms with Crippen molar-refractivity contribution >= 4 is 18.1 Å². The number of thioether (sulfide) groups is 1. The number of allylic oxidation sites excluding steroid dienone is 7. The molecule has 4 heteroatoms. The molecule has 0 radical (unpaired) electrons. The minimum absolute atomic E-state index is 0.00584. The summed E-state index contributed by atoms with van der Waals surface area (Å²) in [6.45, 7) is 25.1. The van der Waals surface area contributed by atoms with Crippen LogP contribution in [0.15, 0.2) is 88.5 Å². The van der Waals surface area contributed by atoms with E-state index in [0.717, 1.165) is 6.42 Å². The van der Waals surface area contributed by atoms with Crippen LogP contribution in [0.2, 0.25) is 0 Å². The molecule has 2 N–H and O–H groups in total. The zero-order valence-corrected chi connectivity index (χ0v) is 28.3. The van der Waals surface area contributed by atoms with Gasteiger partial charge in [-0.2, -0.15) is 0 Å². The van der Waals surface area contributed by atoms with Crippen molar-refractivity contribution in [3.8, 4) is 0 Å². The normalized spacial score (nSPS) is 19.4. The number of rotatable bonds is 13. The Balaban J connectivity index is 0.000000733. The Hall–Kier alpha value is -2.30. The van der Waals surface area contributed by atoms with E-state index in [-0.39, 0.29) is 11.5 Å². The maximum Gasteiger partial charge on any atom is 0.0871 e. The summed E-state index contributed by atoms with van der Waals surface area (Å²) in [5.74, 6) is 0. The number of aryl methyl sites for hydroxylation is 1. The number of nitrogens with zero attached hydrogens (tertiary/aromatic N) is 1. The van der Waals surface area contributed by atoms with Crippen molar-refractivity contribution in [2.75, 3.05) is 7.05 Å². The molecule has 0 amide bonds. The van der Waals surface area contributed by atoms with Crippen molar-refractivity contribution in [1.29, 1.82) is 0 Å². The molecule has 1 aliphatic rings. The van der Waals surface area contributed by atoms with Gasteiger partial charge in [-0.1, -0.05) is 106 Å². The molecule has 1 aromatic rings. The highest BCUT2D eigenvalue weighted by Gasteiger charge is 2.33. The minimum Gasteiger partial charge on any atom is -0.354 e. The maximum atomic E-state index is 4.75. The Morgan fingerprint density at radius 3 is 2.27 bits per heavy atom. The molecule has 1 aromatic carbocycles. The quantitative estimate of drug-likeness (QED) is 0.142. The number of hydrogen-bond donors (Lipinski definition) is 2. The van der Waals surface area contributed by atoms with E-state index in [2.05, 4.69) is 134 Å². The lowest BCUT2D eigenvalue weighted by Crippen LogP contribution is -2.33. The summed E-state index contributed by atoms with van der Waals surface area (Å²) < 4.78 is 0. The van der Waals surface area contributed by atoms with E-state index in [0.29, 0.717) is 11.3 Å². The van der Waals surface area contributed by atoms with Gasteiger partial charge in [0, 0.05) is 16.7 Å². The van der Waals surface area contributed by atoms with Gasteiger partial charge in [0.25, 0.3) is 0 Å². The minimum atomic E-state index is -0.00584. The highest BCUT2D eigenvalue weighted by Crippen LogP contribution is 2.43. The van der Waals surface area contributed by atoms with Crippen LogP contribution in [0.1, 0.15) is 105 Å². The lowest BCUT2D eigenvalue weighted by Gasteiger charge is -2.34. The highest BCUT2D eigenvalue weighted by atomic mass is 32.2. The summed E-state index contributed by atoms with van der Waals surface area (Å²) in [5, 5.41) is 7.05. The first kappa shape index (κ1) is 37.7. The van der Waals surface area contributed by atoms with Gasteiger partial charge in [0.1, 0.15) is 0 Å². The molecule has 1 aliphatic carbocycles. The van der Waals surface area contributed by atoms with E-state index in [1.54, 1.807) is 12.5 Å². The average molecular weight is 566 g/mol. The van der Waals surface area contributed by atoms with Crippen LogP contribution < -0.4 is 10.6 Å². The van der Waals surface area contributed by atoms with Gasteiger partial charge in [-0.15, -0.1) is 11.8 Å². The monoisotopic (exact) mass is 565 g/mol. The molecular weight excluding hydrogens is 506 g/mol. The molecule has 0 heterocycles. The summed E-state index contributed by atoms with van der Waals surface area (Å²) in [6, 6.07) is 9.35. The SMILES string of the molecule is C/C=C(/C)SC(C)C(CCC/C(C)=C/C)NC.C=CNC=NC(c1ccc(C)cc1)C1(C)C=CC(C)=CC1.CC. The zero-order valence-electron chi connectivity index (χ0n) is 27.5. The van der Waals surface area contributed by atoms with Crippen LogP contribution in [0.5, 0.6) is 0 Å². The van der Waals surface area contributed by atoms with Crippen LogP contribution in [0.4, 0.5) is 0 Å². The van der Waals surface area contributed by atoms with Gasteiger partial charge < -0.3 is 10.6 Å². The predicted octanol–water partition coefficient (Wildman–Crippen LogP) is 10.5. The smallest absolute Gasteiger partial charge is 0.0871 e. The molecule has 4 atom stereocenters. The predicted molar refractivity (Wildman–Crippen MR) is 185 cm³/mol. The molecule has 0 aliphatic heterocycles. The van der Waals surface area contributed by atoms with Crippen LogP contribution in [0, 0.1) is 12.3 Å². The van der Waals surface area contributed by atoms with Crippen molar-refractivity contribution in [3.63, 3.8) is 0 Å². The molecule has 2 rings (SSSR count). The summed E-state index contributed by atoms with van der Waals surface area (Å²) in [7, 11) is 2.08. The first-order chi connectivity index (χ1) is 19.1. The van der Waals surface area contributed by atoms with E-state index < -0.39 is 0 Å². The third-order valence-corrected chi connectivity index (χ3v) is 8.63. The number of aliphatic imine (C=N–C) groups is 1. The lowest BCUT2D eigenvalue weighted by atomic mass is 9.73. The van der Waals surface area contributed by atoms with Crippen molar-refractivity contribution in [2.45, 2.75) is 112 Å². The van der Waals surface area contributed by atoms with E-state index >= 15 is 0 Å². The molecular formula is C36H59N3S. The van der Waals surface area contributed by atoms with Gasteiger partial charge in [0.2, 0.25) is 0 Å². The van der Waals surface area contributed by atoms with Crippen LogP contribution in [0.3, 0.4) is 0 Å². The van der Waals surface area contributed by atoms with Crippen LogP contribution in [-0.4, -0.2) is 24.7 Å². The van der Waals surface area contributed by atoms with Gasteiger partial charge >= 0.3 is 0 Å². The summed E-state index contributed by atoms with van der Waals surface area (Å²) in [6.07, 6.45) is 19.3. The van der Waals surface area contributed by atoms with E-state index in [1.165, 1.54) is 46.4 Å². The highest BCUT2D eigenvalue weighted by molar-refractivity contribution is 8.03. The second-order valence-corrected chi connectivity index (χ2v) is 12.2. The number of benzene rings is 1. The molecule has 0 spiro atoms. The van der Waals surface area contributed by atoms with Crippen molar-refractivity contribution in [3.05, 3.63) is 94.6 Å². The van der Waals surface area contributed by atoms with Gasteiger partial charge in [-0.3, -0.25) is 4.99 Å². The van der Waals surface area contributed by atoms with Gasteiger partial charge in [-0.25, -0.2) is 0 Å². The standard InChI is InChI=1S/C19H24N2.C15H29NS.C2H6/c1-5-20-14-21-18(17-8-6-15(2)7-9-17)19(4)12-10-16(3)11-13-19;1-7-12(3)10-9-11-15(16-6)14(5)17-13(4)8-2;1-2/h5-12,14,18H,1,13H2,2-4H3,(H,20,21);7-8,14-16H,9-11H2,1-6H3;1-2H3/b;12-7+,13-8-;. The topological polar surface area (TPSA) is 36.4 Å². The first-order valence-corrected chi connectivity index (χ1v) is 15.9. The van der Waals surface area contributed by atoms with Crippen molar-refractivity contribution < 1.29 is 0 Å². The lowest BCUT2D eigenvalue weighted by molar-refractivity contribution is 0.343. The molecule has 0 aromatic heterocycles. The third kappa shape index (κ3) is 14.4. The molecule has 4 unspecified atom stereocenters. The molecule has 0 fully saturated rings. The maximum absolute atomic E-state index is 4.75. The largest absolute Gasteiger partial charge is 0.354 e. The van der Waals surface area contributed by atoms with Crippen LogP contribution in [0.25, 0.3) is 0 Å². The van der Waals surface area contributed by atoms with Gasteiger partial charge in [-0.05, 0) is 90.9 Å². The number of nitrogens with one attached hydrogen (secondary N) is 2. The fourth-order valence-electron chi connectivity index (χ4n) is 4.40. The van der Waals surface area contributed by atoms with E-state index in [4.69, 9.17) is 4.99 Å². The summed E-state index contributed by atoms with van der Waals surface area (Å²) in [4.78, 5) is 6.16. The fourth-order valence-corrected chi connectivity index (χ4v) is 5.56. The van der Waals surface area contributed by atoms with Gasteiger partial charge in [0.15, 0.2) is 0 Å². The molecule has 40 heavy (non-hydrogen) atoms. The molecule has 0 saturated carbocycles. The third-order valence-electron chi connectivity index (χ3n) is 7.32. The summed E-state index contributed by atoms with van der Waals surface area (Å²) >= 11 is 1.98. The van der Waals surface area contributed by atoms with E-state index in [9.17, 15) is 0 Å². The van der Waals surface area contributed by atoms with Crippen molar-refractivity contribution in [2.24, 2.45) is 10.4 Å².